The molecule has 1 aliphatic heterocycles. The van der Waals surface area contributed by atoms with Crippen molar-refractivity contribution in [1.29, 1.82) is 0 Å². The van der Waals surface area contributed by atoms with E-state index in [-0.39, 0.29) is 18.0 Å². The van der Waals surface area contributed by atoms with Crippen molar-refractivity contribution in [3.05, 3.63) is 33.1 Å². The normalized spacial score (nSPS) is 19.3. The summed E-state index contributed by atoms with van der Waals surface area (Å²) in [7, 11) is 0. The van der Waals surface area contributed by atoms with Gasteiger partial charge in [0.05, 0.1) is 12.0 Å². The molecule has 0 bridgehead atoms. The third kappa shape index (κ3) is 3.61. The molecule has 0 aromatic carbocycles. The Morgan fingerprint density at radius 2 is 2.25 bits per heavy atom. The van der Waals surface area contributed by atoms with Crippen molar-refractivity contribution in [2.45, 2.75) is 52.5 Å². The minimum atomic E-state index is -0.0216. The first-order valence-corrected chi connectivity index (χ1v) is 9.18. The number of rotatable bonds is 3. The molecule has 0 spiro atoms. The van der Waals surface area contributed by atoms with Gasteiger partial charge in [0.1, 0.15) is 0 Å². The number of carbonyl (C=O) groups excluding carboxylic acids is 1. The molecule has 0 radical (unpaired) electrons. The van der Waals surface area contributed by atoms with Crippen molar-refractivity contribution in [3.63, 3.8) is 0 Å². The van der Waals surface area contributed by atoms with E-state index in [0.29, 0.717) is 18.3 Å². The zero-order valence-electron chi connectivity index (χ0n) is 14.6. The van der Waals surface area contributed by atoms with Gasteiger partial charge in [-0.15, -0.1) is 11.3 Å². The lowest BCUT2D eigenvalue weighted by atomic mass is 9.98. The largest absolute Gasteiger partial charge is 0.339 e. The number of amides is 2. The van der Waals surface area contributed by atoms with E-state index in [1.165, 1.54) is 15.3 Å². The summed E-state index contributed by atoms with van der Waals surface area (Å²) in [5.74, 6) is 1.41. The van der Waals surface area contributed by atoms with Gasteiger partial charge in [0.15, 0.2) is 5.82 Å². The molecule has 7 heteroatoms. The summed E-state index contributed by atoms with van der Waals surface area (Å²) in [5.41, 5.74) is 1.20. The van der Waals surface area contributed by atoms with Crippen LogP contribution in [-0.4, -0.2) is 34.2 Å². The first kappa shape index (κ1) is 17.0. The van der Waals surface area contributed by atoms with Crippen molar-refractivity contribution >= 4 is 17.4 Å². The highest BCUT2D eigenvalue weighted by molar-refractivity contribution is 7.12. The molecule has 2 amide bonds. The minimum Gasteiger partial charge on any atom is -0.339 e. The first-order valence-electron chi connectivity index (χ1n) is 8.36. The van der Waals surface area contributed by atoms with E-state index in [1.807, 2.05) is 18.7 Å². The van der Waals surface area contributed by atoms with Crippen LogP contribution >= 0.6 is 11.3 Å². The first-order chi connectivity index (χ1) is 11.4. The number of carbonyl (C=O) groups is 1. The molecule has 2 atom stereocenters. The topological polar surface area (TPSA) is 71.3 Å². The average Bonchev–Trinajstić information content (AvgIpc) is 3.12. The molecule has 2 aromatic rings. The van der Waals surface area contributed by atoms with Gasteiger partial charge in [-0.05, 0) is 52.2 Å². The molecule has 1 fully saturated rings. The fourth-order valence-electron chi connectivity index (χ4n) is 3.28. The highest BCUT2D eigenvalue weighted by Crippen LogP contribution is 2.28. The van der Waals surface area contributed by atoms with Crippen LogP contribution in [0.4, 0.5) is 4.79 Å². The summed E-state index contributed by atoms with van der Waals surface area (Å²) < 4.78 is 5.28. The lowest BCUT2D eigenvalue weighted by Crippen LogP contribution is -2.45. The van der Waals surface area contributed by atoms with Gasteiger partial charge in [-0.2, -0.15) is 4.98 Å². The second kappa shape index (κ2) is 6.93. The number of likely N-dealkylation sites (tertiary alicyclic amines) is 1. The van der Waals surface area contributed by atoms with E-state index in [4.69, 9.17) is 4.52 Å². The van der Waals surface area contributed by atoms with Crippen LogP contribution in [0.25, 0.3) is 0 Å². The Hall–Kier alpha value is -1.89. The van der Waals surface area contributed by atoms with E-state index < -0.39 is 0 Å². The van der Waals surface area contributed by atoms with E-state index >= 15 is 0 Å². The fourth-order valence-corrected chi connectivity index (χ4v) is 4.30. The van der Waals surface area contributed by atoms with Crippen molar-refractivity contribution < 1.29 is 9.32 Å². The number of piperidine rings is 1. The van der Waals surface area contributed by atoms with E-state index in [2.05, 4.69) is 35.4 Å². The molecule has 0 unspecified atom stereocenters. The maximum absolute atomic E-state index is 12.6. The second-order valence-electron chi connectivity index (χ2n) is 6.50. The van der Waals surface area contributed by atoms with E-state index in [9.17, 15) is 4.79 Å². The van der Waals surface area contributed by atoms with Crippen LogP contribution in [0, 0.1) is 20.8 Å². The molecular weight excluding hydrogens is 324 g/mol. The molecule has 2 aromatic heterocycles. The monoisotopic (exact) mass is 348 g/mol. The summed E-state index contributed by atoms with van der Waals surface area (Å²) in [6, 6.07) is 2.14. The van der Waals surface area contributed by atoms with E-state index in [1.54, 1.807) is 11.3 Å². The van der Waals surface area contributed by atoms with Gasteiger partial charge in [-0.1, -0.05) is 5.16 Å². The van der Waals surface area contributed by atoms with Gasteiger partial charge >= 0.3 is 6.03 Å². The van der Waals surface area contributed by atoms with Gasteiger partial charge in [0.2, 0.25) is 5.89 Å². The summed E-state index contributed by atoms with van der Waals surface area (Å²) in [6.45, 7) is 9.44. The molecule has 1 aliphatic rings. The van der Waals surface area contributed by atoms with Gasteiger partial charge in [0.25, 0.3) is 0 Å². The number of aryl methyl sites for hydroxylation is 3. The van der Waals surface area contributed by atoms with Gasteiger partial charge in [0, 0.05) is 22.8 Å². The minimum absolute atomic E-state index is 0.00785. The lowest BCUT2D eigenvalue weighted by Gasteiger charge is -2.32. The van der Waals surface area contributed by atoms with Gasteiger partial charge < -0.3 is 14.7 Å². The molecule has 1 N–H and O–H groups in total. The molecule has 3 rings (SSSR count). The number of aromatic nitrogens is 2. The Labute approximate surface area is 146 Å². The quantitative estimate of drug-likeness (QED) is 0.918. The molecule has 24 heavy (non-hydrogen) atoms. The van der Waals surface area contributed by atoms with E-state index in [0.717, 1.165) is 19.4 Å². The second-order valence-corrected chi connectivity index (χ2v) is 7.97. The maximum atomic E-state index is 12.6. The third-order valence-electron chi connectivity index (χ3n) is 4.49. The number of hydrogen-bond acceptors (Lipinski definition) is 5. The summed E-state index contributed by atoms with van der Waals surface area (Å²) >= 11 is 1.77. The average molecular weight is 348 g/mol. The van der Waals surface area contributed by atoms with Crippen LogP contribution < -0.4 is 5.32 Å². The zero-order valence-corrected chi connectivity index (χ0v) is 15.4. The molecular formula is C17H24N4O2S. The van der Waals surface area contributed by atoms with Crippen molar-refractivity contribution in [3.8, 4) is 0 Å². The predicted molar refractivity (Wildman–Crippen MR) is 93.3 cm³/mol. The van der Waals surface area contributed by atoms with Crippen LogP contribution in [0.1, 0.15) is 58.8 Å². The van der Waals surface area contributed by atoms with Crippen LogP contribution in [0.2, 0.25) is 0 Å². The Morgan fingerprint density at radius 1 is 1.46 bits per heavy atom. The number of hydrogen-bond donors (Lipinski definition) is 1. The Kier molecular flexibility index (Phi) is 4.89. The number of thiophene rings is 1. The highest BCUT2D eigenvalue weighted by atomic mass is 32.1. The molecule has 0 aliphatic carbocycles. The number of nitrogens with one attached hydrogen (secondary N) is 1. The summed E-state index contributed by atoms with van der Waals surface area (Å²) in [4.78, 5) is 21.3. The molecule has 1 saturated heterocycles. The van der Waals surface area contributed by atoms with Crippen LogP contribution in [-0.2, 0) is 0 Å². The van der Waals surface area contributed by atoms with Gasteiger partial charge in [-0.3, -0.25) is 0 Å². The molecule has 3 heterocycles. The molecule has 0 saturated carbocycles. The summed E-state index contributed by atoms with van der Waals surface area (Å²) in [5, 5.41) is 6.98. The summed E-state index contributed by atoms with van der Waals surface area (Å²) in [6.07, 6.45) is 1.92. The Bertz CT molecular complexity index is 724. The van der Waals surface area contributed by atoms with Gasteiger partial charge in [-0.25, -0.2) is 4.79 Å². The van der Waals surface area contributed by atoms with Crippen molar-refractivity contribution in [1.82, 2.24) is 20.4 Å². The lowest BCUT2D eigenvalue weighted by molar-refractivity contribution is 0.169. The number of nitrogens with zero attached hydrogens (tertiary/aromatic N) is 3. The third-order valence-corrected chi connectivity index (χ3v) is 5.47. The maximum Gasteiger partial charge on any atom is 0.317 e. The standard InChI is InChI=1S/C17H24N4O2S/c1-10-8-15(12(3)24-10)11(2)18-17(22)21-7-5-6-14(9-21)16-19-13(4)20-23-16/h8,11,14H,5-7,9H2,1-4H3,(H,18,22)/t11-,14+/m1/s1. The molecule has 130 valence electrons. The highest BCUT2D eigenvalue weighted by Gasteiger charge is 2.29. The Balaban J connectivity index is 1.63. The molecule has 6 nitrogen and oxygen atoms in total. The van der Waals surface area contributed by atoms with Crippen LogP contribution in [0.15, 0.2) is 10.6 Å². The predicted octanol–water partition coefficient (Wildman–Crippen LogP) is 3.71. The Morgan fingerprint density at radius 3 is 2.88 bits per heavy atom. The van der Waals surface area contributed by atoms with Crippen molar-refractivity contribution in [2.75, 3.05) is 13.1 Å². The van der Waals surface area contributed by atoms with Crippen LogP contribution in [0.5, 0.6) is 0 Å². The van der Waals surface area contributed by atoms with Crippen LogP contribution in [0.3, 0.4) is 0 Å². The number of urea groups is 1. The fraction of sp³-hybridized carbons (Fsp3) is 0.588. The van der Waals surface area contributed by atoms with Crippen molar-refractivity contribution in [2.24, 2.45) is 0 Å². The SMILES string of the molecule is Cc1noc([C@H]2CCCN(C(=O)N[C@H](C)c3cc(C)sc3C)C2)n1. The smallest absolute Gasteiger partial charge is 0.317 e. The zero-order chi connectivity index (χ0) is 17.3.